The van der Waals surface area contributed by atoms with Gasteiger partial charge >= 0.3 is 29.8 Å². The quantitative estimate of drug-likeness (QED) is 0.0132. The summed E-state index contributed by atoms with van der Waals surface area (Å²) in [5.74, 6) is -22.0. The van der Waals surface area contributed by atoms with Gasteiger partial charge < -0.3 is 51.7 Å². The Labute approximate surface area is 396 Å². The van der Waals surface area contributed by atoms with E-state index in [1.807, 2.05) is 22.6 Å². The van der Waals surface area contributed by atoms with E-state index in [0.29, 0.717) is 5.56 Å². The molecule has 0 saturated carbocycles. The molecule has 0 spiro atoms. The lowest BCUT2D eigenvalue weighted by Gasteiger charge is -2.26. The van der Waals surface area contributed by atoms with Crippen molar-refractivity contribution in [1.82, 2.24) is 26.6 Å². The van der Waals surface area contributed by atoms with Crippen LogP contribution in [-0.4, -0.2) is 111 Å². The summed E-state index contributed by atoms with van der Waals surface area (Å²) >= 11 is 2.04. The second kappa shape index (κ2) is 26.8. The molecule has 0 aliphatic carbocycles. The standard InChI is InChI=1S/C43H44F4IN5O15/c44-25-20-26(45)35(47)36(34(25)46)68-43(67)23-8-3-6-21(18-23)38(61)50-28(13-15-32(56)57)40(63)51-27(11-5-12-31(54)55)39(62)52-29(14-16-33(58)59)41(64)53-30(42(65)66)10-1-2-17-49-37(60)22-7-4-9-24(48)19-22/h3-4,6-9,18-20,27-30H,1-2,5,10-17H2,(H,49,60)(H,50,61)(H,51,63)(H,52,62)(H,53,64)(H,54,55)(H,56,57)(H,58,59)(H,65,66)/t27-,28-,29-,30-/m1/s1. The number of benzene rings is 3. The topological polar surface area (TPSA) is 321 Å². The minimum atomic E-state index is -2.04. The van der Waals surface area contributed by atoms with Crippen molar-refractivity contribution < 1.29 is 90.7 Å². The van der Waals surface area contributed by atoms with Gasteiger partial charge in [-0.1, -0.05) is 12.1 Å². The molecule has 0 aliphatic rings. The van der Waals surface area contributed by atoms with Gasteiger partial charge in [0.15, 0.2) is 11.6 Å². The first-order valence-corrected chi connectivity index (χ1v) is 21.4. The lowest BCUT2D eigenvalue weighted by Crippen LogP contribution is -2.57. The highest BCUT2D eigenvalue weighted by Gasteiger charge is 2.32. The highest BCUT2D eigenvalue weighted by atomic mass is 127. The second-order valence-corrected chi connectivity index (χ2v) is 16.0. The monoisotopic (exact) mass is 1070 g/mol. The van der Waals surface area contributed by atoms with E-state index in [0.717, 1.165) is 27.8 Å². The van der Waals surface area contributed by atoms with Gasteiger partial charge in [-0.25, -0.2) is 18.4 Å². The second-order valence-electron chi connectivity index (χ2n) is 14.7. The Morgan fingerprint density at radius 3 is 1.53 bits per heavy atom. The molecule has 3 rings (SSSR count). The van der Waals surface area contributed by atoms with E-state index < -0.39 is 156 Å². The Kier molecular flexibility index (Phi) is 21.8. The van der Waals surface area contributed by atoms with Gasteiger partial charge in [0.2, 0.25) is 35.1 Å². The minimum Gasteiger partial charge on any atom is -0.481 e. The van der Waals surface area contributed by atoms with Gasteiger partial charge in [0, 0.05) is 46.6 Å². The Balaban J connectivity index is 1.77. The van der Waals surface area contributed by atoms with Crippen molar-refractivity contribution in [2.24, 2.45) is 0 Å². The third-order valence-electron chi connectivity index (χ3n) is 9.60. The van der Waals surface area contributed by atoms with Crippen LogP contribution >= 0.6 is 22.6 Å². The van der Waals surface area contributed by atoms with E-state index in [1.54, 1.807) is 24.3 Å². The summed E-state index contributed by atoms with van der Waals surface area (Å²) in [5, 5.41) is 49.4. The molecule has 4 atom stereocenters. The van der Waals surface area contributed by atoms with Crippen LogP contribution < -0.4 is 31.3 Å². The average Bonchev–Trinajstić information content (AvgIpc) is 3.28. The summed E-state index contributed by atoms with van der Waals surface area (Å²) in [6.45, 7) is 0.150. The normalized spacial score (nSPS) is 12.5. The first kappa shape index (κ1) is 55.1. The molecular formula is C43H44F4IN5O15. The van der Waals surface area contributed by atoms with Crippen LogP contribution in [0.2, 0.25) is 0 Å². The zero-order valence-electron chi connectivity index (χ0n) is 35.5. The van der Waals surface area contributed by atoms with Gasteiger partial charge in [0.25, 0.3) is 11.8 Å². The molecule has 25 heteroatoms. The van der Waals surface area contributed by atoms with Crippen molar-refractivity contribution in [3.05, 3.63) is 98.1 Å². The molecule has 0 aromatic heterocycles. The maximum Gasteiger partial charge on any atom is 0.343 e. The van der Waals surface area contributed by atoms with E-state index >= 15 is 0 Å². The third kappa shape index (κ3) is 17.9. The summed E-state index contributed by atoms with van der Waals surface area (Å²) in [6.07, 6.45) is -3.78. The Hall–Kier alpha value is -7.19. The molecule has 0 saturated heterocycles. The fraction of sp³-hybridized carbons (Fsp3) is 0.349. The highest BCUT2D eigenvalue weighted by molar-refractivity contribution is 14.1. The van der Waals surface area contributed by atoms with Crippen molar-refractivity contribution in [3.8, 4) is 5.75 Å². The van der Waals surface area contributed by atoms with Gasteiger partial charge in [-0.2, -0.15) is 8.78 Å². The summed E-state index contributed by atoms with van der Waals surface area (Å²) in [5.41, 5.74) is -0.645. The van der Waals surface area contributed by atoms with Crippen LogP contribution in [0.25, 0.3) is 0 Å². The SMILES string of the molecule is O=C(O)CCC[C@@H](NC(=O)[C@@H](CCC(=O)O)NC(=O)c1cccc(C(=O)Oc2c(F)c(F)cc(F)c2F)c1)C(=O)N[C@H](CCC(=O)O)C(=O)N[C@H](CCCCNC(=O)c1cccc(I)c1)C(=O)O. The number of halogens is 5. The molecular weight excluding hydrogens is 1030 g/mol. The fourth-order valence-corrected chi connectivity index (χ4v) is 6.65. The molecule has 20 nitrogen and oxygen atoms in total. The Morgan fingerprint density at radius 2 is 1.00 bits per heavy atom. The molecule has 68 heavy (non-hydrogen) atoms. The van der Waals surface area contributed by atoms with Crippen molar-refractivity contribution in [1.29, 1.82) is 0 Å². The third-order valence-corrected chi connectivity index (χ3v) is 10.3. The fourth-order valence-electron chi connectivity index (χ4n) is 6.10. The number of hydrogen-bond donors (Lipinski definition) is 9. The Bertz CT molecular complexity index is 2380. The van der Waals surface area contributed by atoms with Gasteiger partial charge in [0.05, 0.1) is 5.56 Å². The van der Waals surface area contributed by atoms with E-state index in [2.05, 4.69) is 31.3 Å². The number of nitrogens with one attached hydrogen (secondary N) is 5. The predicted octanol–water partition coefficient (Wildman–Crippen LogP) is 3.29. The maximum absolute atomic E-state index is 14.1. The van der Waals surface area contributed by atoms with Crippen LogP contribution in [0.3, 0.4) is 0 Å². The zero-order valence-corrected chi connectivity index (χ0v) is 37.6. The van der Waals surface area contributed by atoms with Crippen molar-refractivity contribution >= 4 is 82.0 Å². The summed E-state index contributed by atoms with van der Waals surface area (Å²) in [6, 6.07) is 3.65. The largest absolute Gasteiger partial charge is 0.481 e. The summed E-state index contributed by atoms with van der Waals surface area (Å²) in [4.78, 5) is 126. The lowest BCUT2D eigenvalue weighted by molar-refractivity contribution is -0.143. The number of esters is 1. The number of rotatable bonds is 27. The number of carbonyl (C=O) groups excluding carboxylic acids is 6. The molecule has 5 amide bonds. The van der Waals surface area contributed by atoms with Crippen LogP contribution in [0.5, 0.6) is 5.75 Å². The Morgan fingerprint density at radius 1 is 0.529 bits per heavy atom. The summed E-state index contributed by atoms with van der Waals surface area (Å²) < 4.78 is 61.0. The molecule has 3 aromatic carbocycles. The van der Waals surface area contributed by atoms with Crippen molar-refractivity contribution in [3.63, 3.8) is 0 Å². The molecule has 0 radical (unpaired) electrons. The minimum absolute atomic E-state index is 0.130. The number of hydrogen-bond acceptors (Lipinski definition) is 11. The van der Waals surface area contributed by atoms with Crippen LogP contribution in [0.1, 0.15) is 95.3 Å². The summed E-state index contributed by atoms with van der Waals surface area (Å²) in [7, 11) is 0. The predicted molar refractivity (Wildman–Crippen MR) is 233 cm³/mol. The van der Waals surface area contributed by atoms with Crippen LogP contribution in [-0.2, 0) is 33.6 Å². The van der Waals surface area contributed by atoms with E-state index in [4.69, 9.17) is 0 Å². The molecule has 366 valence electrons. The molecule has 0 bridgehead atoms. The number of amides is 5. The van der Waals surface area contributed by atoms with Gasteiger partial charge in [-0.15, -0.1) is 0 Å². The van der Waals surface area contributed by atoms with Crippen LogP contribution in [0.15, 0.2) is 54.6 Å². The van der Waals surface area contributed by atoms with Gasteiger partial charge in [-0.3, -0.25) is 38.4 Å². The van der Waals surface area contributed by atoms with E-state index in [-0.39, 0.29) is 44.2 Å². The average molecular weight is 1070 g/mol. The number of carboxylic acid groups (broad SMARTS) is 4. The van der Waals surface area contributed by atoms with Crippen LogP contribution in [0.4, 0.5) is 17.6 Å². The highest BCUT2D eigenvalue weighted by Crippen LogP contribution is 2.27. The van der Waals surface area contributed by atoms with Crippen molar-refractivity contribution in [2.45, 2.75) is 88.4 Å². The number of carboxylic acids is 4. The smallest absolute Gasteiger partial charge is 0.343 e. The number of unbranched alkanes of at least 4 members (excludes halogenated alkanes) is 1. The first-order chi connectivity index (χ1) is 32.1. The van der Waals surface area contributed by atoms with Gasteiger partial charge in [0.1, 0.15) is 24.2 Å². The molecule has 0 aliphatic heterocycles. The number of aliphatic carboxylic acids is 4. The molecule has 0 heterocycles. The first-order valence-electron chi connectivity index (χ1n) is 20.4. The number of carbonyl (C=O) groups is 10. The van der Waals surface area contributed by atoms with Crippen molar-refractivity contribution in [2.75, 3.05) is 6.54 Å². The maximum atomic E-state index is 14.1. The van der Waals surface area contributed by atoms with Crippen LogP contribution in [0, 0.1) is 26.8 Å². The van der Waals surface area contributed by atoms with Gasteiger partial charge in [-0.05, 0) is 104 Å². The molecule has 9 N–H and O–H groups in total. The molecule has 3 aromatic rings. The van der Waals surface area contributed by atoms with E-state index in [9.17, 15) is 85.9 Å². The van der Waals surface area contributed by atoms with E-state index in [1.165, 1.54) is 0 Å². The molecule has 0 fully saturated rings. The number of ether oxygens (including phenoxy) is 1. The lowest BCUT2D eigenvalue weighted by atomic mass is 10.0. The zero-order chi connectivity index (χ0) is 50.7. The molecule has 0 unspecified atom stereocenters.